The highest BCUT2D eigenvalue weighted by Gasteiger charge is 2.04. The van der Waals surface area contributed by atoms with Crippen molar-refractivity contribution in [3.8, 4) is 0 Å². The second-order valence-electron chi connectivity index (χ2n) is 4.70. The van der Waals surface area contributed by atoms with Crippen molar-refractivity contribution in [3.05, 3.63) is 49.3 Å². The lowest BCUT2D eigenvalue weighted by Gasteiger charge is -2.12. The SMILES string of the molecule is CN=C(NCCc1csc(C)n1)NCc1ccc(Br)cc1Cl. The van der Waals surface area contributed by atoms with Crippen LogP contribution in [0.2, 0.25) is 5.02 Å². The molecule has 22 heavy (non-hydrogen) atoms. The van der Waals surface area contributed by atoms with E-state index in [1.54, 1.807) is 18.4 Å². The van der Waals surface area contributed by atoms with Gasteiger partial charge in [-0.25, -0.2) is 4.98 Å². The molecular weight excluding hydrogens is 384 g/mol. The van der Waals surface area contributed by atoms with E-state index in [0.29, 0.717) is 6.54 Å². The van der Waals surface area contributed by atoms with Gasteiger partial charge < -0.3 is 10.6 Å². The zero-order chi connectivity index (χ0) is 15.9. The summed E-state index contributed by atoms with van der Waals surface area (Å²) in [7, 11) is 1.76. The Labute approximate surface area is 148 Å². The van der Waals surface area contributed by atoms with E-state index < -0.39 is 0 Å². The topological polar surface area (TPSA) is 49.3 Å². The third kappa shape index (κ3) is 5.26. The van der Waals surface area contributed by atoms with Crippen LogP contribution in [0, 0.1) is 6.92 Å². The molecule has 0 bridgehead atoms. The molecule has 0 aliphatic rings. The lowest BCUT2D eigenvalue weighted by atomic mass is 10.2. The van der Waals surface area contributed by atoms with E-state index >= 15 is 0 Å². The van der Waals surface area contributed by atoms with E-state index in [-0.39, 0.29) is 0 Å². The van der Waals surface area contributed by atoms with Crippen molar-refractivity contribution in [2.45, 2.75) is 19.9 Å². The lowest BCUT2D eigenvalue weighted by Crippen LogP contribution is -2.37. The Morgan fingerprint density at radius 3 is 2.86 bits per heavy atom. The Morgan fingerprint density at radius 2 is 2.23 bits per heavy atom. The van der Waals surface area contributed by atoms with Gasteiger partial charge in [0.05, 0.1) is 10.7 Å². The molecule has 0 fully saturated rings. The zero-order valence-electron chi connectivity index (χ0n) is 12.5. The van der Waals surface area contributed by atoms with Crippen LogP contribution in [-0.2, 0) is 13.0 Å². The van der Waals surface area contributed by atoms with Gasteiger partial charge in [0, 0.05) is 41.4 Å². The van der Waals surface area contributed by atoms with Crippen LogP contribution in [-0.4, -0.2) is 24.5 Å². The first-order valence-electron chi connectivity index (χ1n) is 6.88. The Hall–Kier alpha value is -1.11. The minimum absolute atomic E-state index is 0.627. The number of hydrogen-bond acceptors (Lipinski definition) is 3. The van der Waals surface area contributed by atoms with Crippen LogP contribution in [0.5, 0.6) is 0 Å². The Morgan fingerprint density at radius 1 is 1.41 bits per heavy atom. The third-order valence-corrected chi connectivity index (χ3v) is 4.69. The zero-order valence-corrected chi connectivity index (χ0v) is 15.6. The van der Waals surface area contributed by atoms with Crippen molar-refractivity contribution in [2.75, 3.05) is 13.6 Å². The van der Waals surface area contributed by atoms with Gasteiger partial charge in [0.25, 0.3) is 0 Å². The van der Waals surface area contributed by atoms with Crippen molar-refractivity contribution in [3.63, 3.8) is 0 Å². The molecule has 0 radical (unpaired) electrons. The first-order chi connectivity index (χ1) is 10.6. The van der Waals surface area contributed by atoms with E-state index in [4.69, 9.17) is 11.6 Å². The van der Waals surface area contributed by atoms with Crippen LogP contribution in [0.1, 0.15) is 16.3 Å². The highest BCUT2D eigenvalue weighted by Crippen LogP contribution is 2.21. The molecule has 2 aromatic rings. The Balaban J connectivity index is 1.80. The molecule has 0 amide bonds. The fourth-order valence-electron chi connectivity index (χ4n) is 1.90. The third-order valence-electron chi connectivity index (χ3n) is 3.03. The van der Waals surface area contributed by atoms with E-state index in [9.17, 15) is 0 Å². The number of thiazole rings is 1. The quantitative estimate of drug-likeness (QED) is 0.592. The fraction of sp³-hybridized carbons (Fsp3) is 0.333. The van der Waals surface area contributed by atoms with Crippen molar-refractivity contribution < 1.29 is 0 Å². The van der Waals surface area contributed by atoms with Crippen molar-refractivity contribution in [1.29, 1.82) is 0 Å². The standard InChI is InChI=1S/C15H18BrClN4S/c1-10-21-13(9-22-10)5-6-19-15(18-2)20-8-11-3-4-12(16)7-14(11)17/h3-4,7,9H,5-6,8H2,1-2H3,(H2,18,19,20). The van der Waals surface area contributed by atoms with Crippen molar-refractivity contribution in [1.82, 2.24) is 15.6 Å². The van der Waals surface area contributed by atoms with E-state index in [1.807, 2.05) is 25.1 Å². The predicted molar refractivity (Wildman–Crippen MR) is 97.9 cm³/mol. The van der Waals surface area contributed by atoms with Gasteiger partial charge in [-0.1, -0.05) is 33.6 Å². The number of halogens is 2. The largest absolute Gasteiger partial charge is 0.356 e. The molecule has 0 aliphatic carbocycles. The average Bonchev–Trinajstić information content (AvgIpc) is 2.89. The molecule has 7 heteroatoms. The van der Waals surface area contributed by atoms with Crippen LogP contribution in [0.15, 0.2) is 33.0 Å². The summed E-state index contributed by atoms with van der Waals surface area (Å²) in [5.41, 5.74) is 2.14. The number of aromatic nitrogens is 1. The first kappa shape index (κ1) is 17.2. The molecule has 1 aromatic heterocycles. The molecule has 2 N–H and O–H groups in total. The van der Waals surface area contributed by atoms with E-state index in [1.165, 1.54) is 0 Å². The molecular formula is C15H18BrClN4S. The summed E-state index contributed by atoms with van der Waals surface area (Å²) in [5.74, 6) is 0.755. The molecule has 2 rings (SSSR count). The molecule has 0 saturated carbocycles. The molecule has 0 unspecified atom stereocenters. The fourth-order valence-corrected chi connectivity index (χ4v) is 3.28. The number of rotatable bonds is 5. The van der Waals surface area contributed by atoms with Crippen LogP contribution >= 0.6 is 38.9 Å². The number of aliphatic imine (C=N–C) groups is 1. The number of nitrogens with zero attached hydrogens (tertiary/aromatic N) is 2. The molecule has 0 saturated heterocycles. The van der Waals surface area contributed by atoms with Gasteiger partial charge in [0.15, 0.2) is 5.96 Å². The molecule has 0 atom stereocenters. The molecule has 4 nitrogen and oxygen atoms in total. The highest BCUT2D eigenvalue weighted by atomic mass is 79.9. The Kier molecular flexibility index (Phi) is 6.67. The normalized spacial score (nSPS) is 11.5. The molecule has 118 valence electrons. The summed E-state index contributed by atoms with van der Waals surface area (Å²) in [5, 5.41) is 10.5. The molecule has 0 aliphatic heterocycles. The van der Waals surface area contributed by atoms with Crippen molar-refractivity contribution >= 4 is 44.8 Å². The average molecular weight is 402 g/mol. The van der Waals surface area contributed by atoms with Crippen LogP contribution in [0.4, 0.5) is 0 Å². The second kappa shape index (κ2) is 8.50. The maximum Gasteiger partial charge on any atom is 0.191 e. The van der Waals surface area contributed by atoms with Crippen molar-refractivity contribution in [2.24, 2.45) is 4.99 Å². The van der Waals surface area contributed by atoms with Crippen LogP contribution in [0.3, 0.4) is 0 Å². The molecule has 1 heterocycles. The van der Waals surface area contributed by atoms with E-state index in [0.717, 1.165) is 44.7 Å². The number of guanidine groups is 1. The molecule has 1 aromatic carbocycles. The summed E-state index contributed by atoms with van der Waals surface area (Å²) in [6.45, 7) is 3.43. The number of aryl methyl sites for hydroxylation is 1. The van der Waals surface area contributed by atoms with E-state index in [2.05, 4.69) is 41.9 Å². The van der Waals surface area contributed by atoms with Gasteiger partial charge in [-0.2, -0.15) is 0 Å². The van der Waals surface area contributed by atoms with Gasteiger partial charge in [-0.3, -0.25) is 4.99 Å². The maximum atomic E-state index is 6.21. The first-order valence-corrected chi connectivity index (χ1v) is 8.93. The summed E-state index contributed by atoms with van der Waals surface area (Å²) in [6.07, 6.45) is 0.879. The second-order valence-corrected chi connectivity index (χ2v) is 7.08. The number of nitrogens with one attached hydrogen (secondary N) is 2. The number of benzene rings is 1. The number of hydrogen-bond donors (Lipinski definition) is 2. The van der Waals surface area contributed by atoms with Gasteiger partial charge in [0.1, 0.15) is 0 Å². The van der Waals surface area contributed by atoms with Crippen LogP contribution < -0.4 is 10.6 Å². The highest BCUT2D eigenvalue weighted by molar-refractivity contribution is 9.10. The summed E-state index contributed by atoms with van der Waals surface area (Å²) in [4.78, 5) is 8.65. The summed E-state index contributed by atoms with van der Waals surface area (Å²) >= 11 is 11.3. The smallest absolute Gasteiger partial charge is 0.191 e. The Bertz CT molecular complexity index is 657. The van der Waals surface area contributed by atoms with Gasteiger partial charge in [0.2, 0.25) is 0 Å². The predicted octanol–water partition coefficient (Wildman–Crippen LogP) is 3.78. The molecule has 0 spiro atoms. The lowest BCUT2D eigenvalue weighted by molar-refractivity contribution is 0.786. The minimum atomic E-state index is 0.627. The summed E-state index contributed by atoms with van der Waals surface area (Å²) in [6, 6.07) is 5.85. The van der Waals surface area contributed by atoms with Gasteiger partial charge >= 0.3 is 0 Å². The van der Waals surface area contributed by atoms with Gasteiger partial charge in [-0.15, -0.1) is 11.3 Å². The van der Waals surface area contributed by atoms with Crippen LogP contribution in [0.25, 0.3) is 0 Å². The maximum absolute atomic E-state index is 6.21. The van der Waals surface area contributed by atoms with Gasteiger partial charge in [-0.05, 0) is 24.6 Å². The summed E-state index contributed by atoms with van der Waals surface area (Å²) < 4.78 is 0.974. The minimum Gasteiger partial charge on any atom is -0.356 e. The monoisotopic (exact) mass is 400 g/mol.